The molecular formula is C10H19NO5S. The zero-order chi connectivity index (χ0) is 13.1. The molecule has 1 heterocycles. The highest BCUT2D eigenvalue weighted by Gasteiger charge is 2.33. The van der Waals surface area contributed by atoms with E-state index in [1.807, 2.05) is 0 Å². The summed E-state index contributed by atoms with van der Waals surface area (Å²) in [4.78, 5) is 10.7. The van der Waals surface area contributed by atoms with E-state index in [0.717, 1.165) is 23.8 Å². The number of hydrogen-bond acceptors (Lipinski definition) is 4. The SMILES string of the molecule is CC(C(=O)O)S(=O)(=O)N(C)CC1CCCOC1. The van der Waals surface area contributed by atoms with Crippen molar-refractivity contribution in [2.75, 3.05) is 26.8 Å². The summed E-state index contributed by atoms with van der Waals surface area (Å²) in [5.74, 6) is -1.17. The Morgan fingerprint density at radius 3 is 2.71 bits per heavy atom. The molecule has 0 aromatic heterocycles. The molecule has 1 saturated heterocycles. The zero-order valence-electron chi connectivity index (χ0n) is 10.1. The molecule has 1 rings (SSSR count). The second-order valence-electron chi connectivity index (χ2n) is 4.39. The molecule has 0 amide bonds. The summed E-state index contributed by atoms with van der Waals surface area (Å²) in [6.45, 7) is 2.77. The molecule has 100 valence electrons. The Balaban J connectivity index is 2.62. The Bertz CT molecular complexity index is 361. The van der Waals surface area contributed by atoms with E-state index < -0.39 is 21.2 Å². The molecule has 0 saturated carbocycles. The quantitative estimate of drug-likeness (QED) is 0.765. The third-order valence-electron chi connectivity index (χ3n) is 3.00. The summed E-state index contributed by atoms with van der Waals surface area (Å²) in [5.41, 5.74) is 0. The van der Waals surface area contributed by atoms with Gasteiger partial charge in [0, 0.05) is 20.2 Å². The molecule has 1 aliphatic rings. The van der Waals surface area contributed by atoms with Gasteiger partial charge >= 0.3 is 5.97 Å². The van der Waals surface area contributed by atoms with Crippen molar-refractivity contribution in [3.05, 3.63) is 0 Å². The van der Waals surface area contributed by atoms with Gasteiger partial charge in [-0.3, -0.25) is 4.79 Å². The van der Waals surface area contributed by atoms with Crippen LogP contribution in [0.15, 0.2) is 0 Å². The van der Waals surface area contributed by atoms with E-state index in [1.165, 1.54) is 14.0 Å². The lowest BCUT2D eigenvalue weighted by Gasteiger charge is -2.27. The molecule has 1 aliphatic heterocycles. The lowest BCUT2D eigenvalue weighted by molar-refractivity contribution is -0.136. The third kappa shape index (κ3) is 3.65. The van der Waals surface area contributed by atoms with E-state index >= 15 is 0 Å². The highest BCUT2D eigenvalue weighted by atomic mass is 32.2. The lowest BCUT2D eigenvalue weighted by Crippen LogP contribution is -2.42. The van der Waals surface area contributed by atoms with Gasteiger partial charge in [-0.1, -0.05) is 0 Å². The molecule has 2 atom stereocenters. The summed E-state index contributed by atoms with van der Waals surface area (Å²) in [5, 5.41) is 7.34. The van der Waals surface area contributed by atoms with Gasteiger partial charge in [0.05, 0.1) is 6.61 Å². The topological polar surface area (TPSA) is 83.9 Å². The first kappa shape index (κ1) is 14.4. The molecule has 0 bridgehead atoms. The van der Waals surface area contributed by atoms with Crippen LogP contribution in [0, 0.1) is 5.92 Å². The predicted molar refractivity (Wildman–Crippen MR) is 62.2 cm³/mol. The van der Waals surface area contributed by atoms with Crippen LogP contribution < -0.4 is 0 Å². The van der Waals surface area contributed by atoms with Crippen molar-refractivity contribution in [2.45, 2.75) is 25.0 Å². The van der Waals surface area contributed by atoms with Gasteiger partial charge in [-0.15, -0.1) is 0 Å². The van der Waals surface area contributed by atoms with Gasteiger partial charge in [0.15, 0.2) is 5.25 Å². The van der Waals surface area contributed by atoms with Crippen LogP contribution in [0.25, 0.3) is 0 Å². The summed E-state index contributed by atoms with van der Waals surface area (Å²) in [6.07, 6.45) is 1.84. The Labute approximate surface area is 102 Å². The maximum Gasteiger partial charge on any atom is 0.323 e. The van der Waals surface area contributed by atoms with Gasteiger partial charge in [0.25, 0.3) is 0 Å². The number of ether oxygens (including phenoxy) is 1. The Morgan fingerprint density at radius 2 is 2.24 bits per heavy atom. The van der Waals surface area contributed by atoms with E-state index in [1.54, 1.807) is 0 Å². The standard InChI is InChI=1S/C10H19NO5S/c1-8(10(12)13)17(14,15)11(2)6-9-4-3-5-16-7-9/h8-9H,3-7H2,1-2H3,(H,12,13). The fraction of sp³-hybridized carbons (Fsp3) is 0.900. The fourth-order valence-electron chi connectivity index (χ4n) is 1.82. The molecule has 2 unspecified atom stereocenters. The van der Waals surface area contributed by atoms with E-state index in [2.05, 4.69) is 0 Å². The van der Waals surface area contributed by atoms with Crippen molar-refractivity contribution >= 4 is 16.0 Å². The molecule has 0 aromatic carbocycles. The minimum atomic E-state index is -3.76. The van der Waals surface area contributed by atoms with Crippen molar-refractivity contribution < 1.29 is 23.1 Å². The van der Waals surface area contributed by atoms with Crippen LogP contribution in [0.4, 0.5) is 0 Å². The largest absolute Gasteiger partial charge is 0.480 e. The number of carbonyl (C=O) groups is 1. The molecule has 0 radical (unpaired) electrons. The summed E-state index contributed by atoms with van der Waals surface area (Å²) < 4.78 is 30.1. The molecular weight excluding hydrogens is 246 g/mol. The predicted octanol–water partition coefficient (Wildman–Crippen LogP) is 0.148. The van der Waals surface area contributed by atoms with Crippen LogP contribution in [0.3, 0.4) is 0 Å². The first-order valence-corrected chi connectivity index (χ1v) is 7.11. The first-order valence-electron chi connectivity index (χ1n) is 5.61. The minimum absolute atomic E-state index is 0.157. The third-order valence-corrected chi connectivity index (χ3v) is 5.11. The lowest BCUT2D eigenvalue weighted by atomic mass is 10.0. The van der Waals surface area contributed by atoms with Crippen LogP contribution in [0.2, 0.25) is 0 Å². The number of hydrogen-bond donors (Lipinski definition) is 1. The second-order valence-corrected chi connectivity index (χ2v) is 6.75. The summed E-state index contributed by atoms with van der Waals surface area (Å²) in [7, 11) is -2.34. The zero-order valence-corrected chi connectivity index (χ0v) is 10.9. The molecule has 1 N–H and O–H groups in total. The number of sulfonamides is 1. The van der Waals surface area contributed by atoms with E-state index in [0.29, 0.717) is 13.2 Å². The van der Waals surface area contributed by atoms with Gasteiger partial charge in [0.1, 0.15) is 0 Å². The van der Waals surface area contributed by atoms with Crippen molar-refractivity contribution in [1.29, 1.82) is 0 Å². The van der Waals surface area contributed by atoms with Gasteiger partial charge in [-0.25, -0.2) is 12.7 Å². The average Bonchev–Trinajstić information content (AvgIpc) is 2.29. The van der Waals surface area contributed by atoms with Crippen molar-refractivity contribution in [3.63, 3.8) is 0 Å². The van der Waals surface area contributed by atoms with E-state index in [4.69, 9.17) is 9.84 Å². The molecule has 1 fully saturated rings. The van der Waals surface area contributed by atoms with Crippen LogP contribution in [0.5, 0.6) is 0 Å². The second kappa shape index (κ2) is 5.79. The smallest absolute Gasteiger partial charge is 0.323 e. The van der Waals surface area contributed by atoms with Crippen LogP contribution >= 0.6 is 0 Å². The molecule has 0 aromatic rings. The Hall–Kier alpha value is -0.660. The van der Waals surface area contributed by atoms with Crippen LogP contribution in [-0.2, 0) is 19.6 Å². The molecule has 7 heteroatoms. The maximum absolute atomic E-state index is 11.8. The maximum atomic E-state index is 11.8. The van der Waals surface area contributed by atoms with Crippen molar-refractivity contribution in [3.8, 4) is 0 Å². The average molecular weight is 265 g/mol. The fourth-order valence-corrected chi connectivity index (χ4v) is 3.03. The molecule has 0 aliphatic carbocycles. The van der Waals surface area contributed by atoms with Gasteiger partial charge in [-0.2, -0.15) is 0 Å². The Kier molecular flexibility index (Phi) is 4.91. The van der Waals surface area contributed by atoms with Gasteiger partial charge in [-0.05, 0) is 25.7 Å². The van der Waals surface area contributed by atoms with Crippen LogP contribution in [-0.4, -0.2) is 55.9 Å². The normalized spacial score (nSPS) is 23.6. The molecule has 6 nitrogen and oxygen atoms in total. The highest BCUT2D eigenvalue weighted by Crippen LogP contribution is 2.17. The number of aliphatic carboxylic acids is 1. The number of carboxylic acids is 1. The number of carboxylic acid groups (broad SMARTS) is 1. The monoisotopic (exact) mass is 265 g/mol. The Morgan fingerprint density at radius 1 is 1.59 bits per heavy atom. The summed E-state index contributed by atoms with van der Waals surface area (Å²) in [6, 6.07) is 0. The van der Waals surface area contributed by atoms with Crippen LogP contribution in [0.1, 0.15) is 19.8 Å². The van der Waals surface area contributed by atoms with Gasteiger partial charge in [0.2, 0.25) is 10.0 Å². The number of nitrogens with zero attached hydrogens (tertiary/aromatic N) is 1. The molecule has 0 spiro atoms. The van der Waals surface area contributed by atoms with E-state index in [-0.39, 0.29) is 5.92 Å². The highest BCUT2D eigenvalue weighted by molar-refractivity contribution is 7.90. The van der Waals surface area contributed by atoms with E-state index in [9.17, 15) is 13.2 Å². The summed E-state index contributed by atoms with van der Waals surface area (Å²) >= 11 is 0. The number of rotatable bonds is 5. The van der Waals surface area contributed by atoms with Crippen molar-refractivity contribution in [1.82, 2.24) is 4.31 Å². The molecule has 17 heavy (non-hydrogen) atoms. The first-order chi connectivity index (χ1) is 7.85. The minimum Gasteiger partial charge on any atom is -0.480 e. The van der Waals surface area contributed by atoms with Crippen molar-refractivity contribution in [2.24, 2.45) is 5.92 Å². The van der Waals surface area contributed by atoms with Gasteiger partial charge < -0.3 is 9.84 Å².